The van der Waals surface area contributed by atoms with Crippen molar-refractivity contribution in [2.45, 2.75) is 45.6 Å². The smallest absolute Gasteiger partial charge is 0.262 e. The summed E-state index contributed by atoms with van der Waals surface area (Å²) in [5.41, 5.74) is 1.08. The molecule has 3 heterocycles. The highest BCUT2D eigenvalue weighted by molar-refractivity contribution is 7.16. The van der Waals surface area contributed by atoms with E-state index in [0.717, 1.165) is 0 Å². The van der Waals surface area contributed by atoms with Crippen molar-refractivity contribution in [2.24, 2.45) is 0 Å². The molecule has 0 saturated carbocycles. The second-order valence-electron chi connectivity index (χ2n) is 7.86. The summed E-state index contributed by atoms with van der Waals surface area (Å²) in [4.78, 5) is 31.5. The van der Waals surface area contributed by atoms with E-state index in [4.69, 9.17) is 4.74 Å². The minimum atomic E-state index is -0.310. The molecule has 2 atom stereocenters. The van der Waals surface area contributed by atoms with Crippen LogP contribution in [0.3, 0.4) is 0 Å². The van der Waals surface area contributed by atoms with E-state index >= 15 is 0 Å². The molecule has 1 aliphatic rings. The molecule has 2 aromatic heterocycles. The fraction of sp³-hybridized carbons (Fsp3) is 0.409. The second kappa shape index (κ2) is 9.15. The Morgan fingerprint density at radius 3 is 2.81 bits per heavy atom. The van der Waals surface area contributed by atoms with Crippen molar-refractivity contribution < 1.29 is 13.9 Å². The number of hydrogen-bond acceptors (Lipinski definition) is 6. The molecule has 2 unspecified atom stereocenters. The summed E-state index contributed by atoms with van der Waals surface area (Å²) in [6, 6.07) is 6.77. The number of aryl methyl sites for hydroxylation is 1. The lowest BCUT2D eigenvalue weighted by atomic mass is 10.1. The number of fused-ring (bicyclic) bond motifs is 1. The fourth-order valence-electron chi connectivity index (χ4n) is 3.86. The van der Waals surface area contributed by atoms with E-state index in [1.807, 2.05) is 30.2 Å². The molecule has 31 heavy (non-hydrogen) atoms. The zero-order valence-corrected chi connectivity index (χ0v) is 18.3. The van der Waals surface area contributed by atoms with Crippen molar-refractivity contribution in [3.8, 4) is 0 Å². The first-order chi connectivity index (χ1) is 14.9. The quantitative estimate of drug-likeness (QED) is 0.633. The Hall–Kier alpha value is -2.78. The van der Waals surface area contributed by atoms with Crippen LogP contribution in [0.25, 0.3) is 10.2 Å². The van der Waals surface area contributed by atoms with Gasteiger partial charge in [-0.25, -0.2) is 9.37 Å². The van der Waals surface area contributed by atoms with Gasteiger partial charge in [-0.2, -0.15) is 0 Å². The van der Waals surface area contributed by atoms with Gasteiger partial charge in [0.2, 0.25) is 5.91 Å². The molecule has 4 rings (SSSR count). The van der Waals surface area contributed by atoms with E-state index in [9.17, 15) is 14.0 Å². The predicted octanol–water partition coefficient (Wildman–Crippen LogP) is 2.92. The number of nitrogens with one attached hydrogen (secondary N) is 1. The number of carbonyl (C=O) groups excluding carboxylic acids is 1. The number of morpholine rings is 1. The van der Waals surface area contributed by atoms with Crippen LogP contribution in [-0.2, 0) is 22.6 Å². The van der Waals surface area contributed by atoms with Gasteiger partial charge in [-0.3, -0.25) is 14.2 Å². The molecule has 9 heteroatoms. The van der Waals surface area contributed by atoms with Crippen LogP contribution in [0.4, 0.5) is 10.1 Å². The molecule has 3 aromatic rings. The molecule has 1 aliphatic heterocycles. The number of rotatable bonds is 6. The highest BCUT2D eigenvalue weighted by Gasteiger charge is 2.24. The summed E-state index contributed by atoms with van der Waals surface area (Å²) < 4.78 is 21.8. The number of anilines is 1. The summed E-state index contributed by atoms with van der Waals surface area (Å²) in [6.07, 6.45) is 1.70. The molecule has 0 spiro atoms. The van der Waals surface area contributed by atoms with Gasteiger partial charge in [0.05, 0.1) is 29.6 Å². The van der Waals surface area contributed by atoms with Gasteiger partial charge in [-0.1, -0.05) is 6.07 Å². The number of hydrogen-bond donors (Lipinski definition) is 1. The molecule has 0 bridgehead atoms. The third-order valence-electron chi connectivity index (χ3n) is 5.29. The summed E-state index contributed by atoms with van der Waals surface area (Å²) in [5, 5.41) is 5.17. The largest absolute Gasteiger partial charge is 0.372 e. The number of benzene rings is 1. The number of amides is 1. The third kappa shape index (κ3) is 4.94. The molecular formula is C22H25FN4O3S. The van der Waals surface area contributed by atoms with Crippen molar-refractivity contribution in [1.82, 2.24) is 14.9 Å². The van der Waals surface area contributed by atoms with Crippen molar-refractivity contribution in [3.63, 3.8) is 0 Å². The molecule has 0 radical (unpaired) electrons. The van der Waals surface area contributed by atoms with Gasteiger partial charge < -0.3 is 15.0 Å². The van der Waals surface area contributed by atoms with Crippen LogP contribution >= 0.6 is 11.3 Å². The van der Waals surface area contributed by atoms with Crippen molar-refractivity contribution in [3.05, 3.63) is 57.7 Å². The minimum absolute atomic E-state index is 0.0465. The van der Waals surface area contributed by atoms with Crippen LogP contribution in [0.1, 0.15) is 25.8 Å². The van der Waals surface area contributed by atoms with Crippen LogP contribution in [0.15, 0.2) is 40.8 Å². The summed E-state index contributed by atoms with van der Waals surface area (Å²) in [7, 11) is 0. The van der Waals surface area contributed by atoms with Crippen molar-refractivity contribution in [1.29, 1.82) is 0 Å². The van der Waals surface area contributed by atoms with Gasteiger partial charge in [-0.05, 0) is 43.0 Å². The predicted molar refractivity (Wildman–Crippen MR) is 119 cm³/mol. The van der Waals surface area contributed by atoms with E-state index in [-0.39, 0.29) is 49.0 Å². The first-order valence-corrected chi connectivity index (χ1v) is 11.2. The van der Waals surface area contributed by atoms with Crippen molar-refractivity contribution >= 4 is 33.1 Å². The van der Waals surface area contributed by atoms with Gasteiger partial charge in [0.25, 0.3) is 5.56 Å². The standard InChI is InChI=1S/C22H25FN4O3S/c1-14-11-27(12-15(2)30-14)19-4-3-16(9-18(19)23)10-24-20(28)5-7-26-13-25-21-17(22(26)29)6-8-31-21/h3-4,6,8-9,13-15H,5,7,10-12H2,1-2H3,(H,24,28). The highest BCUT2D eigenvalue weighted by atomic mass is 32.1. The lowest BCUT2D eigenvalue weighted by Crippen LogP contribution is -2.45. The van der Waals surface area contributed by atoms with Crippen LogP contribution in [-0.4, -0.2) is 40.8 Å². The number of halogens is 1. The number of carbonyl (C=O) groups is 1. The topological polar surface area (TPSA) is 76.5 Å². The Kier molecular flexibility index (Phi) is 6.33. The number of aromatic nitrogens is 2. The Balaban J connectivity index is 1.32. The molecule has 1 aromatic carbocycles. The minimum Gasteiger partial charge on any atom is -0.372 e. The highest BCUT2D eigenvalue weighted by Crippen LogP contribution is 2.24. The fourth-order valence-corrected chi connectivity index (χ4v) is 4.58. The Labute approximate surface area is 183 Å². The molecule has 7 nitrogen and oxygen atoms in total. The summed E-state index contributed by atoms with van der Waals surface area (Å²) >= 11 is 1.41. The molecule has 0 aliphatic carbocycles. The van der Waals surface area contributed by atoms with E-state index in [1.165, 1.54) is 28.3 Å². The van der Waals surface area contributed by atoms with E-state index < -0.39 is 0 Å². The average Bonchev–Trinajstić information content (AvgIpc) is 3.21. The average molecular weight is 445 g/mol. The number of nitrogens with zero attached hydrogens (tertiary/aromatic N) is 3. The second-order valence-corrected chi connectivity index (χ2v) is 8.75. The number of thiophene rings is 1. The van der Waals surface area contributed by atoms with Crippen LogP contribution in [0.5, 0.6) is 0 Å². The molecule has 1 saturated heterocycles. The molecule has 164 valence electrons. The van der Waals surface area contributed by atoms with Crippen molar-refractivity contribution in [2.75, 3.05) is 18.0 Å². The first kappa shape index (κ1) is 21.5. The Morgan fingerprint density at radius 2 is 2.06 bits per heavy atom. The van der Waals surface area contributed by atoms with Gasteiger partial charge >= 0.3 is 0 Å². The molecule has 1 amide bonds. The molecular weight excluding hydrogens is 419 g/mol. The lowest BCUT2D eigenvalue weighted by Gasteiger charge is -2.37. The van der Waals surface area contributed by atoms with Gasteiger partial charge in [0.1, 0.15) is 10.6 Å². The first-order valence-electron chi connectivity index (χ1n) is 10.3. The van der Waals surface area contributed by atoms with Crippen LogP contribution < -0.4 is 15.8 Å². The molecule has 1 fully saturated rings. The SMILES string of the molecule is CC1CN(c2ccc(CNC(=O)CCn3cnc4sccc4c3=O)cc2F)CC(C)O1. The Morgan fingerprint density at radius 1 is 1.29 bits per heavy atom. The van der Waals surface area contributed by atoms with Gasteiger partial charge in [-0.15, -0.1) is 11.3 Å². The zero-order valence-electron chi connectivity index (χ0n) is 17.5. The van der Waals surface area contributed by atoms with E-state index in [1.54, 1.807) is 12.1 Å². The maximum Gasteiger partial charge on any atom is 0.262 e. The maximum absolute atomic E-state index is 14.7. The number of ether oxygens (including phenoxy) is 1. The van der Waals surface area contributed by atoms with E-state index in [2.05, 4.69) is 10.3 Å². The normalized spacial score (nSPS) is 19.0. The zero-order chi connectivity index (χ0) is 22.0. The lowest BCUT2D eigenvalue weighted by molar-refractivity contribution is -0.121. The summed E-state index contributed by atoms with van der Waals surface area (Å²) in [6.45, 7) is 5.71. The van der Waals surface area contributed by atoms with Gasteiger partial charge in [0.15, 0.2) is 0 Å². The van der Waals surface area contributed by atoms with Crippen LogP contribution in [0, 0.1) is 5.82 Å². The summed E-state index contributed by atoms with van der Waals surface area (Å²) in [5.74, 6) is -0.521. The van der Waals surface area contributed by atoms with E-state index in [0.29, 0.717) is 34.6 Å². The van der Waals surface area contributed by atoms with Crippen LogP contribution in [0.2, 0.25) is 0 Å². The maximum atomic E-state index is 14.7. The Bertz CT molecular complexity index is 1140. The monoisotopic (exact) mass is 444 g/mol. The third-order valence-corrected chi connectivity index (χ3v) is 6.11. The van der Waals surface area contributed by atoms with Gasteiger partial charge in [0, 0.05) is 32.6 Å². The molecule has 1 N–H and O–H groups in total.